The zero-order valence-electron chi connectivity index (χ0n) is 9.87. The Morgan fingerprint density at radius 1 is 1.16 bits per heavy atom. The zero-order valence-corrected chi connectivity index (χ0v) is 9.87. The normalized spacial score (nSPS) is 9.89. The van der Waals surface area contributed by atoms with E-state index in [1.807, 2.05) is 0 Å². The number of carbonyl (C=O) groups excluding carboxylic acids is 1. The van der Waals surface area contributed by atoms with Crippen molar-refractivity contribution < 1.29 is 9.72 Å². The number of carbonyl (C=O) groups is 1. The first-order valence-corrected chi connectivity index (χ1v) is 5.48. The maximum absolute atomic E-state index is 11.9. The molecule has 0 aromatic heterocycles. The Kier molecular flexibility index (Phi) is 3.42. The zero-order chi connectivity index (χ0) is 13.8. The van der Waals surface area contributed by atoms with Crippen molar-refractivity contribution in [3.8, 4) is 0 Å². The van der Waals surface area contributed by atoms with Crippen molar-refractivity contribution >= 4 is 23.0 Å². The van der Waals surface area contributed by atoms with Crippen LogP contribution < -0.4 is 11.1 Å². The van der Waals surface area contributed by atoms with Gasteiger partial charge in [0, 0.05) is 17.7 Å². The number of amides is 1. The highest BCUT2D eigenvalue weighted by molar-refractivity contribution is 6.05. The summed E-state index contributed by atoms with van der Waals surface area (Å²) in [6.45, 7) is 0. The van der Waals surface area contributed by atoms with Crippen LogP contribution in [0, 0.1) is 10.1 Å². The van der Waals surface area contributed by atoms with Crippen molar-refractivity contribution in [1.82, 2.24) is 0 Å². The van der Waals surface area contributed by atoms with Crippen LogP contribution >= 0.6 is 0 Å². The summed E-state index contributed by atoms with van der Waals surface area (Å²) in [7, 11) is 0. The minimum absolute atomic E-state index is 0.127. The van der Waals surface area contributed by atoms with Crippen LogP contribution in [-0.2, 0) is 0 Å². The van der Waals surface area contributed by atoms with Crippen LogP contribution in [0.4, 0.5) is 17.1 Å². The van der Waals surface area contributed by atoms with Gasteiger partial charge in [0.15, 0.2) is 0 Å². The molecule has 2 aromatic rings. The van der Waals surface area contributed by atoms with Crippen molar-refractivity contribution in [1.29, 1.82) is 0 Å². The van der Waals surface area contributed by atoms with Gasteiger partial charge in [-0.3, -0.25) is 14.9 Å². The van der Waals surface area contributed by atoms with Crippen LogP contribution in [0.1, 0.15) is 10.4 Å². The first-order valence-electron chi connectivity index (χ1n) is 5.48. The molecule has 0 saturated heterocycles. The summed E-state index contributed by atoms with van der Waals surface area (Å²) in [6.07, 6.45) is 0. The van der Waals surface area contributed by atoms with Crippen LogP contribution in [0.15, 0.2) is 48.5 Å². The molecule has 0 bridgehead atoms. The number of nitrogens with one attached hydrogen (secondary N) is 1. The van der Waals surface area contributed by atoms with Crippen LogP contribution in [0.25, 0.3) is 0 Å². The van der Waals surface area contributed by atoms with Gasteiger partial charge in [0.05, 0.1) is 16.3 Å². The molecule has 0 saturated carbocycles. The van der Waals surface area contributed by atoms with Gasteiger partial charge in [-0.15, -0.1) is 0 Å². The Morgan fingerprint density at radius 2 is 1.84 bits per heavy atom. The number of nitrogens with two attached hydrogens (primary N) is 1. The SMILES string of the molecule is Nc1ccc([N+](=O)[O-])cc1NC(=O)c1ccccc1. The van der Waals surface area contributed by atoms with Gasteiger partial charge in [0.25, 0.3) is 11.6 Å². The van der Waals surface area contributed by atoms with Crippen LogP contribution in [0.3, 0.4) is 0 Å². The van der Waals surface area contributed by atoms with E-state index in [2.05, 4.69) is 5.32 Å². The number of nitrogen functional groups attached to an aromatic ring is 1. The molecular formula is C13H11N3O3. The summed E-state index contributed by atoms with van der Waals surface area (Å²) in [5, 5.41) is 13.2. The molecular weight excluding hydrogens is 246 g/mol. The Hall–Kier alpha value is -2.89. The Labute approximate surface area is 109 Å². The second-order valence-electron chi connectivity index (χ2n) is 3.85. The smallest absolute Gasteiger partial charge is 0.271 e. The van der Waals surface area contributed by atoms with Crippen LogP contribution in [0.2, 0.25) is 0 Å². The minimum atomic E-state index is -0.544. The second-order valence-corrected chi connectivity index (χ2v) is 3.85. The number of nitro benzene ring substituents is 1. The first-order chi connectivity index (χ1) is 9.08. The average Bonchev–Trinajstić information content (AvgIpc) is 2.42. The van der Waals surface area contributed by atoms with E-state index in [-0.39, 0.29) is 23.0 Å². The van der Waals surface area contributed by atoms with E-state index < -0.39 is 4.92 Å². The third kappa shape index (κ3) is 2.86. The van der Waals surface area contributed by atoms with Crippen molar-refractivity contribution in [3.05, 3.63) is 64.2 Å². The van der Waals surface area contributed by atoms with E-state index in [0.717, 1.165) is 0 Å². The predicted molar refractivity (Wildman–Crippen MR) is 71.9 cm³/mol. The van der Waals surface area contributed by atoms with Gasteiger partial charge < -0.3 is 11.1 Å². The van der Waals surface area contributed by atoms with Gasteiger partial charge in [0.1, 0.15) is 0 Å². The predicted octanol–water partition coefficient (Wildman–Crippen LogP) is 2.43. The van der Waals surface area contributed by atoms with Gasteiger partial charge in [-0.2, -0.15) is 0 Å². The second kappa shape index (κ2) is 5.18. The molecule has 0 radical (unpaired) electrons. The summed E-state index contributed by atoms with van der Waals surface area (Å²) >= 11 is 0. The highest BCUT2D eigenvalue weighted by Gasteiger charge is 2.12. The molecule has 0 aliphatic heterocycles. The number of benzene rings is 2. The summed E-state index contributed by atoms with van der Waals surface area (Å²) in [5.41, 5.74) is 6.50. The maximum Gasteiger partial charge on any atom is 0.271 e. The molecule has 0 spiro atoms. The molecule has 6 heteroatoms. The summed E-state index contributed by atoms with van der Waals surface area (Å²) < 4.78 is 0. The Balaban J connectivity index is 2.26. The Bertz CT molecular complexity index is 626. The number of nitro groups is 1. The lowest BCUT2D eigenvalue weighted by Crippen LogP contribution is -2.13. The largest absolute Gasteiger partial charge is 0.397 e. The standard InChI is InChI=1S/C13H11N3O3/c14-11-7-6-10(16(18)19)8-12(11)15-13(17)9-4-2-1-3-5-9/h1-8H,14H2,(H,15,17). The highest BCUT2D eigenvalue weighted by Crippen LogP contribution is 2.24. The molecule has 96 valence electrons. The third-order valence-electron chi connectivity index (χ3n) is 2.53. The van der Waals surface area contributed by atoms with Crippen molar-refractivity contribution in [2.24, 2.45) is 0 Å². The summed E-state index contributed by atoms with van der Waals surface area (Å²) in [5.74, 6) is -0.368. The van der Waals surface area contributed by atoms with Crippen LogP contribution in [-0.4, -0.2) is 10.8 Å². The molecule has 0 fully saturated rings. The molecule has 2 rings (SSSR count). The minimum Gasteiger partial charge on any atom is -0.397 e. The third-order valence-corrected chi connectivity index (χ3v) is 2.53. The van der Waals surface area contributed by atoms with E-state index in [1.54, 1.807) is 30.3 Å². The van der Waals surface area contributed by atoms with Gasteiger partial charge >= 0.3 is 0 Å². The molecule has 0 aliphatic carbocycles. The molecule has 0 heterocycles. The van der Waals surface area contributed by atoms with Gasteiger partial charge in [0.2, 0.25) is 0 Å². The molecule has 6 nitrogen and oxygen atoms in total. The van der Waals surface area contributed by atoms with Crippen molar-refractivity contribution in [3.63, 3.8) is 0 Å². The van der Waals surface area contributed by atoms with E-state index in [4.69, 9.17) is 5.73 Å². The topological polar surface area (TPSA) is 98.3 Å². The van der Waals surface area contributed by atoms with Gasteiger partial charge in [-0.1, -0.05) is 18.2 Å². The first kappa shape index (κ1) is 12.6. The fraction of sp³-hybridized carbons (Fsp3) is 0. The fourth-order valence-electron chi connectivity index (χ4n) is 1.55. The van der Waals surface area contributed by atoms with Gasteiger partial charge in [-0.25, -0.2) is 0 Å². The average molecular weight is 257 g/mol. The van der Waals surface area contributed by atoms with Gasteiger partial charge in [-0.05, 0) is 18.2 Å². The molecule has 0 atom stereocenters. The summed E-state index contributed by atoms with van der Waals surface area (Å²) in [4.78, 5) is 22.0. The van der Waals surface area contributed by atoms with Crippen molar-refractivity contribution in [2.45, 2.75) is 0 Å². The van der Waals surface area contributed by atoms with E-state index in [1.165, 1.54) is 18.2 Å². The number of nitrogens with zero attached hydrogens (tertiary/aromatic N) is 1. The van der Waals surface area contributed by atoms with Crippen LogP contribution in [0.5, 0.6) is 0 Å². The van der Waals surface area contributed by atoms with E-state index in [9.17, 15) is 14.9 Å². The quantitative estimate of drug-likeness (QED) is 0.501. The lowest BCUT2D eigenvalue weighted by atomic mass is 10.2. The lowest BCUT2D eigenvalue weighted by molar-refractivity contribution is -0.384. The molecule has 3 N–H and O–H groups in total. The summed E-state index contributed by atoms with van der Waals surface area (Å²) in [6, 6.07) is 12.4. The number of rotatable bonds is 3. The molecule has 2 aromatic carbocycles. The highest BCUT2D eigenvalue weighted by atomic mass is 16.6. The molecule has 0 aliphatic rings. The van der Waals surface area contributed by atoms with E-state index in [0.29, 0.717) is 5.56 Å². The fourth-order valence-corrected chi connectivity index (χ4v) is 1.55. The number of anilines is 2. The number of hydrogen-bond donors (Lipinski definition) is 2. The molecule has 19 heavy (non-hydrogen) atoms. The molecule has 0 unspecified atom stereocenters. The Morgan fingerprint density at radius 3 is 2.47 bits per heavy atom. The number of non-ortho nitro benzene ring substituents is 1. The maximum atomic E-state index is 11.9. The monoisotopic (exact) mass is 257 g/mol. The molecule has 1 amide bonds. The van der Waals surface area contributed by atoms with Crippen molar-refractivity contribution in [2.75, 3.05) is 11.1 Å². The van der Waals surface area contributed by atoms with E-state index >= 15 is 0 Å². The lowest BCUT2D eigenvalue weighted by Gasteiger charge is -2.07. The number of hydrogen-bond acceptors (Lipinski definition) is 4.